The van der Waals surface area contributed by atoms with E-state index in [0.717, 1.165) is 22.3 Å². The molecule has 0 saturated carbocycles. The topological polar surface area (TPSA) is 57.8 Å². The van der Waals surface area contributed by atoms with E-state index >= 15 is 0 Å². The number of aromatic nitrogens is 1. The number of amides is 1. The van der Waals surface area contributed by atoms with E-state index in [1.54, 1.807) is 18.2 Å². The van der Waals surface area contributed by atoms with Crippen LogP contribution in [0.2, 0.25) is 0 Å². The Hall–Kier alpha value is -2.06. The number of anilines is 1. The van der Waals surface area contributed by atoms with E-state index in [4.69, 9.17) is 5.26 Å². The molecule has 0 aliphatic carbocycles. The summed E-state index contributed by atoms with van der Waals surface area (Å²) in [6, 6.07) is 11.2. The molecule has 5 heteroatoms. The Morgan fingerprint density at radius 1 is 1.40 bits per heavy atom. The Morgan fingerprint density at radius 3 is 2.70 bits per heavy atom. The molecule has 1 heterocycles. The number of carbonyl (C=O) groups is 1. The number of halogens is 1. The molecular weight excluding hydrogens is 318 g/mol. The molecule has 0 fully saturated rings. The molecule has 0 spiro atoms. The first-order valence-electron chi connectivity index (χ1n) is 6.27. The first kappa shape index (κ1) is 14.4. The van der Waals surface area contributed by atoms with Gasteiger partial charge in [-0.25, -0.2) is 0 Å². The normalized spacial score (nSPS) is 10.1. The fraction of sp³-hybridized carbons (Fsp3) is 0.200. The predicted molar refractivity (Wildman–Crippen MR) is 81.5 cm³/mol. The molecule has 0 aliphatic rings. The molecule has 20 heavy (non-hydrogen) atoms. The van der Waals surface area contributed by atoms with Gasteiger partial charge in [0.05, 0.1) is 12.5 Å². The Labute approximate surface area is 126 Å². The van der Waals surface area contributed by atoms with Crippen molar-refractivity contribution in [3.63, 3.8) is 0 Å². The quantitative estimate of drug-likeness (QED) is 0.930. The van der Waals surface area contributed by atoms with Gasteiger partial charge in [-0.2, -0.15) is 5.26 Å². The molecule has 2 rings (SSSR count). The second-order valence-electron chi connectivity index (χ2n) is 4.32. The number of nitriles is 1. The Morgan fingerprint density at radius 2 is 2.10 bits per heavy atom. The summed E-state index contributed by atoms with van der Waals surface area (Å²) in [4.78, 5) is 12.2. The highest BCUT2D eigenvalue weighted by atomic mass is 79.9. The summed E-state index contributed by atoms with van der Waals surface area (Å²) in [7, 11) is 0. The Balaban J connectivity index is 2.13. The van der Waals surface area contributed by atoms with Gasteiger partial charge in [-0.15, -0.1) is 0 Å². The van der Waals surface area contributed by atoms with Crippen molar-refractivity contribution in [1.82, 2.24) is 4.57 Å². The van der Waals surface area contributed by atoms with E-state index in [1.807, 2.05) is 29.8 Å². The lowest BCUT2D eigenvalue weighted by Crippen LogP contribution is -2.16. The number of rotatable bonds is 4. The van der Waals surface area contributed by atoms with Crippen LogP contribution in [-0.2, 0) is 13.0 Å². The number of nitrogens with one attached hydrogen (secondary N) is 1. The first-order valence-corrected chi connectivity index (χ1v) is 7.06. The molecule has 0 unspecified atom stereocenters. The highest BCUT2D eigenvalue weighted by Crippen LogP contribution is 2.17. The number of carbonyl (C=O) groups excluding carboxylic acids is 1. The summed E-state index contributed by atoms with van der Waals surface area (Å²) in [5.41, 5.74) is 2.27. The van der Waals surface area contributed by atoms with Crippen LogP contribution in [0.3, 0.4) is 0 Å². The van der Waals surface area contributed by atoms with Crippen molar-refractivity contribution >= 4 is 27.5 Å². The average molecular weight is 332 g/mol. The lowest BCUT2D eigenvalue weighted by atomic mass is 10.1. The van der Waals surface area contributed by atoms with Crippen molar-refractivity contribution in [1.29, 1.82) is 5.26 Å². The number of nitrogens with zero attached hydrogens (tertiary/aromatic N) is 2. The van der Waals surface area contributed by atoms with Crippen molar-refractivity contribution in [2.75, 3.05) is 5.32 Å². The molecule has 1 aromatic heterocycles. The van der Waals surface area contributed by atoms with Gasteiger partial charge in [0.25, 0.3) is 5.91 Å². The molecule has 0 bridgehead atoms. The number of benzene rings is 1. The van der Waals surface area contributed by atoms with Crippen LogP contribution in [0.5, 0.6) is 0 Å². The standard InChI is InChI=1S/C15H14BrN3O/c1-2-19-10-12(16)9-14(19)15(20)18-13-5-3-11(4-6-13)7-8-17/h3-6,9-10H,2,7H2,1H3,(H,18,20). The molecule has 1 N–H and O–H groups in total. The van der Waals surface area contributed by atoms with E-state index in [1.165, 1.54) is 0 Å². The van der Waals surface area contributed by atoms with Crippen LogP contribution in [0, 0.1) is 11.3 Å². The van der Waals surface area contributed by atoms with E-state index in [0.29, 0.717) is 12.1 Å². The molecule has 4 nitrogen and oxygen atoms in total. The second-order valence-corrected chi connectivity index (χ2v) is 5.23. The van der Waals surface area contributed by atoms with E-state index in [-0.39, 0.29) is 5.91 Å². The summed E-state index contributed by atoms with van der Waals surface area (Å²) in [6.45, 7) is 2.72. The van der Waals surface area contributed by atoms with Crippen LogP contribution in [0.15, 0.2) is 41.0 Å². The van der Waals surface area contributed by atoms with Gasteiger partial charge in [0.2, 0.25) is 0 Å². The molecule has 102 valence electrons. The zero-order valence-corrected chi connectivity index (χ0v) is 12.6. The van der Waals surface area contributed by atoms with Crippen LogP contribution in [0.25, 0.3) is 0 Å². The number of aryl methyl sites for hydroxylation is 1. The van der Waals surface area contributed by atoms with Gasteiger partial charge >= 0.3 is 0 Å². The Kier molecular flexibility index (Phi) is 4.59. The van der Waals surface area contributed by atoms with Crippen molar-refractivity contribution < 1.29 is 4.79 Å². The number of hydrogen-bond acceptors (Lipinski definition) is 2. The third kappa shape index (κ3) is 3.28. The maximum atomic E-state index is 12.2. The van der Waals surface area contributed by atoms with Gasteiger partial charge in [0.1, 0.15) is 5.69 Å². The zero-order chi connectivity index (χ0) is 14.5. The average Bonchev–Trinajstić information content (AvgIpc) is 2.82. The van der Waals surface area contributed by atoms with Gasteiger partial charge in [-0.3, -0.25) is 4.79 Å². The zero-order valence-electron chi connectivity index (χ0n) is 11.1. The van der Waals surface area contributed by atoms with E-state index in [2.05, 4.69) is 27.3 Å². The fourth-order valence-electron chi connectivity index (χ4n) is 1.92. The molecule has 1 amide bonds. The highest BCUT2D eigenvalue weighted by Gasteiger charge is 2.12. The maximum absolute atomic E-state index is 12.2. The van der Waals surface area contributed by atoms with Crippen LogP contribution >= 0.6 is 15.9 Å². The summed E-state index contributed by atoms with van der Waals surface area (Å²) in [5, 5.41) is 11.5. The molecule has 0 radical (unpaired) electrons. The maximum Gasteiger partial charge on any atom is 0.272 e. The SMILES string of the molecule is CCn1cc(Br)cc1C(=O)Nc1ccc(CC#N)cc1. The second kappa shape index (κ2) is 6.40. The van der Waals surface area contributed by atoms with Crippen LogP contribution in [0.1, 0.15) is 23.0 Å². The third-order valence-corrected chi connectivity index (χ3v) is 3.37. The smallest absolute Gasteiger partial charge is 0.272 e. The van der Waals surface area contributed by atoms with Crippen LogP contribution in [0.4, 0.5) is 5.69 Å². The predicted octanol–water partition coefficient (Wildman–Crippen LogP) is 3.59. The lowest BCUT2D eigenvalue weighted by Gasteiger charge is -2.08. The minimum absolute atomic E-state index is 0.148. The summed E-state index contributed by atoms with van der Waals surface area (Å²) >= 11 is 3.37. The molecule has 0 saturated heterocycles. The summed E-state index contributed by atoms with van der Waals surface area (Å²) < 4.78 is 2.76. The van der Waals surface area contributed by atoms with Crippen LogP contribution < -0.4 is 5.32 Å². The van der Waals surface area contributed by atoms with Gasteiger partial charge in [0, 0.05) is 22.9 Å². The summed E-state index contributed by atoms with van der Waals surface area (Å²) in [6.07, 6.45) is 2.25. The van der Waals surface area contributed by atoms with E-state index < -0.39 is 0 Å². The van der Waals surface area contributed by atoms with Crippen molar-refractivity contribution in [2.45, 2.75) is 19.9 Å². The van der Waals surface area contributed by atoms with Gasteiger partial charge in [-0.1, -0.05) is 12.1 Å². The van der Waals surface area contributed by atoms with E-state index in [9.17, 15) is 4.79 Å². The van der Waals surface area contributed by atoms with Gasteiger partial charge in [-0.05, 0) is 46.6 Å². The fourth-order valence-corrected chi connectivity index (χ4v) is 2.38. The lowest BCUT2D eigenvalue weighted by molar-refractivity contribution is 0.101. The molecule has 0 atom stereocenters. The Bertz CT molecular complexity index is 653. The molecule has 2 aromatic rings. The van der Waals surface area contributed by atoms with Gasteiger partial charge < -0.3 is 9.88 Å². The number of hydrogen-bond donors (Lipinski definition) is 1. The molecule has 0 aliphatic heterocycles. The summed E-state index contributed by atoms with van der Waals surface area (Å²) in [5.74, 6) is -0.148. The minimum Gasteiger partial charge on any atom is -0.343 e. The van der Waals surface area contributed by atoms with Crippen molar-refractivity contribution in [2.24, 2.45) is 0 Å². The highest BCUT2D eigenvalue weighted by molar-refractivity contribution is 9.10. The van der Waals surface area contributed by atoms with Gasteiger partial charge in [0.15, 0.2) is 0 Å². The molecular formula is C15H14BrN3O. The monoisotopic (exact) mass is 331 g/mol. The largest absolute Gasteiger partial charge is 0.343 e. The third-order valence-electron chi connectivity index (χ3n) is 2.93. The van der Waals surface area contributed by atoms with Crippen molar-refractivity contribution in [3.05, 3.63) is 52.3 Å². The first-order chi connectivity index (χ1) is 9.63. The van der Waals surface area contributed by atoms with Crippen LogP contribution in [-0.4, -0.2) is 10.5 Å². The van der Waals surface area contributed by atoms with Crippen molar-refractivity contribution in [3.8, 4) is 6.07 Å². The molecule has 1 aromatic carbocycles. The minimum atomic E-state index is -0.148.